The van der Waals surface area contributed by atoms with Crippen LogP contribution in [0, 0.1) is 0 Å². The summed E-state index contributed by atoms with van der Waals surface area (Å²) in [5, 5.41) is 0.0641. The molecule has 0 bridgehead atoms. The molecule has 0 aliphatic heterocycles. The molecule has 2 aromatic heterocycles. The standard InChI is InChI=1S/C10H9F3N4/c11-10(12,13)5-3-15-8-6(5)7(4-1-2-4)16-9(14)17-8/h3-4H,1-2H2,(H3,14,15,16,17). The fourth-order valence-corrected chi connectivity index (χ4v) is 1.95. The molecule has 1 saturated carbocycles. The smallest absolute Gasteiger partial charge is 0.368 e. The molecule has 90 valence electrons. The van der Waals surface area contributed by atoms with Crippen molar-refractivity contribution in [1.29, 1.82) is 0 Å². The number of nitrogens with two attached hydrogens (primary N) is 1. The van der Waals surface area contributed by atoms with E-state index < -0.39 is 11.7 Å². The molecule has 3 rings (SSSR count). The molecular formula is C10H9F3N4. The zero-order chi connectivity index (χ0) is 12.2. The van der Waals surface area contributed by atoms with Crippen LogP contribution >= 0.6 is 0 Å². The molecule has 3 N–H and O–H groups in total. The van der Waals surface area contributed by atoms with Crippen LogP contribution in [0.5, 0.6) is 0 Å². The second-order valence-electron chi connectivity index (χ2n) is 4.17. The van der Waals surface area contributed by atoms with Gasteiger partial charge >= 0.3 is 6.18 Å². The molecule has 0 spiro atoms. The summed E-state index contributed by atoms with van der Waals surface area (Å²) < 4.78 is 38.4. The van der Waals surface area contributed by atoms with Crippen molar-refractivity contribution in [2.45, 2.75) is 24.9 Å². The monoisotopic (exact) mass is 242 g/mol. The Bertz CT molecular complexity index is 583. The van der Waals surface area contributed by atoms with Gasteiger partial charge in [-0.05, 0) is 12.8 Å². The third kappa shape index (κ3) is 1.62. The van der Waals surface area contributed by atoms with E-state index in [-0.39, 0.29) is 22.9 Å². The van der Waals surface area contributed by atoms with Gasteiger partial charge in [0.15, 0.2) is 0 Å². The van der Waals surface area contributed by atoms with E-state index in [0.29, 0.717) is 5.69 Å². The number of nitrogens with one attached hydrogen (secondary N) is 1. The number of hydrogen-bond donors (Lipinski definition) is 2. The van der Waals surface area contributed by atoms with Crippen molar-refractivity contribution < 1.29 is 13.2 Å². The molecule has 0 unspecified atom stereocenters. The maximum atomic E-state index is 12.8. The first-order chi connectivity index (χ1) is 7.97. The number of hydrogen-bond acceptors (Lipinski definition) is 3. The van der Waals surface area contributed by atoms with Crippen LogP contribution in [-0.2, 0) is 6.18 Å². The number of nitrogen functional groups attached to an aromatic ring is 1. The number of fused-ring (bicyclic) bond motifs is 1. The topological polar surface area (TPSA) is 67.6 Å². The number of rotatable bonds is 1. The Morgan fingerprint density at radius 2 is 2.00 bits per heavy atom. The van der Waals surface area contributed by atoms with Gasteiger partial charge in [-0.2, -0.15) is 18.2 Å². The molecule has 0 atom stereocenters. The lowest BCUT2D eigenvalue weighted by molar-refractivity contribution is -0.136. The van der Waals surface area contributed by atoms with Crippen molar-refractivity contribution in [3.05, 3.63) is 17.5 Å². The van der Waals surface area contributed by atoms with E-state index in [1.807, 2.05) is 0 Å². The van der Waals surface area contributed by atoms with Gasteiger partial charge in [0.25, 0.3) is 0 Å². The summed E-state index contributed by atoms with van der Waals surface area (Å²) in [6.07, 6.45) is -1.77. The fraction of sp³-hybridized carbons (Fsp3) is 0.400. The number of H-pyrrole nitrogens is 1. The van der Waals surface area contributed by atoms with Crippen LogP contribution < -0.4 is 5.73 Å². The van der Waals surface area contributed by atoms with Gasteiger partial charge in [0, 0.05) is 12.1 Å². The minimum atomic E-state index is -4.40. The van der Waals surface area contributed by atoms with Crippen LogP contribution in [0.2, 0.25) is 0 Å². The molecule has 1 aliphatic rings. The van der Waals surface area contributed by atoms with E-state index >= 15 is 0 Å². The summed E-state index contributed by atoms with van der Waals surface area (Å²) in [6, 6.07) is 0. The highest BCUT2D eigenvalue weighted by molar-refractivity contribution is 5.84. The number of aromatic amines is 1. The van der Waals surface area contributed by atoms with Gasteiger partial charge in [0.2, 0.25) is 5.95 Å². The van der Waals surface area contributed by atoms with Gasteiger partial charge in [0.1, 0.15) is 5.65 Å². The molecule has 0 saturated heterocycles. The van der Waals surface area contributed by atoms with Gasteiger partial charge in [0.05, 0.1) is 16.6 Å². The molecule has 1 aliphatic carbocycles. The average molecular weight is 242 g/mol. The van der Waals surface area contributed by atoms with Crippen LogP contribution in [0.3, 0.4) is 0 Å². The molecule has 0 amide bonds. The Morgan fingerprint density at radius 3 is 2.59 bits per heavy atom. The Hall–Kier alpha value is -1.79. The first-order valence-electron chi connectivity index (χ1n) is 5.18. The Kier molecular flexibility index (Phi) is 1.90. The molecule has 17 heavy (non-hydrogen) atoms. The zero-order valence-electron chi connectivity index (χ0n) is 8.67. The predicted octanol–water partition coefficient (Wildman–Crippen LogP) is 2.44. The van der Waals surface area contributed by atoms with Crippen molar-refractivity contribution in [3.8, 4) is 0 Å². The van der Waals surface area contributed by atoms with E-state index in [9.17, 15) is 13.2 Å². The lowest BCUT2D eigenvalue weighted by Gasteiger charge is -2.07. The minimum absolute atomic E-state index is 0.00924. The van der Waals surface area contributed by atoms with Gasteiger partial charge in [-0.15, -0.1) is 0 Å². The maximum Gasteiger partial charge on any atom is 0.418 e. The number of halogens is 3. The SMILES string of the molecule is Nc1nc(C2CC2)c2c(C(F)(F)F)c[nH]c2n1. The van der Waals surface area contributed by atoms with Gasteiger partial charge in [-0.25, -0.2) is 4.98 Å². The maximum absolute atomic E-state index is 12.8. The van der Waals surface area contributed by atoms with Crippen molar-refractivity contribution in [1.82, 2.24) is 15.0 Å². The zero-order valence-corrected chi connectivity index (χ0v) is 8.67. The van der Waals surface area contributed by atoms with Crippen molar-refractivity contribution in [3.63, 3.8) is 0 Å². The van der Waals surface area contributed by atoms with Crippen molar-refractivity contribution in [2.75, 3.05) is 5.73 Å². The normalized spacial score (nSPS) is 16.6. The Labute approximate surface area is 94.1 Å². The van der Waals surface area contributed by atoms with Gasteiger partial charge < -0.3 is 10.7 Å². The molecule has 0 aromatic carbocycles. The summed E-state index contributed by atoms with van der Waals surface area (Å²) in [6.45, 7) is 0. The summed E-state index contributed by atoms with van der Waals surface area (Å²) in [5.41, 5.74) is 5.35. The van der Waals surface area contributed by atoms with Crippen LogP contribution in [-0.4, -0.2) is 15.0 Å². The lowest BCUT2D eigenvalue weighted by Crippen LogP contribution is -2.06. The molecular weight excluding hydrogens is 233 g/mol. The highest BCUT2D eigenvalue weighted by Crippen LogP contribution is 2.45. The minimum Gasteiger partial charge on any atom is -0.368 e. The molecule has 2 aromatic rings. The van der Waals surface area contributed by atoms with Crippen molar-refractivity contribution in [2.24, 2.45) is 0 Å². The quantitative estimate of drug-likeness (QED) is 0.807. The molecule has 2 heterocycles. The third-order valence-electron chi connectivity index (χ3n) is 2.85. The summed E-state index contributed by atoms with van der Waals surface area (Å²) in [7, 11) is 0. The summed E-state index contributed by atoms with van der Waals surface area (Å²) in [5.74, 6) is 0.0923. The summed E-state index contributed by atoms with van der Waals surface area (Å²) in [4.78, 5) is 10.3. The second kappa shape index (κ2) is 3.12. The van der Waals surface area contributed by atoms with E-state index in [2.05, 4.69) is 15.0 Å². The highest BCUT2D eigenvalue weighted by Gasteiger charge is 2.38. The van der Waals surface area contributed by atoms with Crippen LogP contribution in [0.4, 0.5) is 19.1 Å². The summed E-state index contributed by atoms with van der Waals surface area (Å²) >= 11 is 0. The lowest BCUT2D eigenvalue weighted by atomic mass is 10.1. The van der Waals surface area contributed by atoms with E-state index in [1.54, 1.807) is 0 Å². The molecule has 0 radical (unpaired) electrons. The molecule has 4 nitrogen and oxygen atoms in total. The third-order valence-corrected chi connectivity index (χ3v) is 2.85. The van der Waals surface area contributed by atoms with Crippen molar-refractivity contribution >= 4 is 17.0 Å². The highest BCUT2D eigenvalue weighted by atomic mass is 19.4. The Balaban J connectivity index is 2.32. The molecule has 7 heteroatoms. The average Bonchev–Trinajstić information content (AvgIpc) is 2.95. The van der Waals surface area contributed by atoms with E-state index in [0.717, 1.165) is 19.0 Å². The largest absolute Gasteiger partial charge is 0.418 e. The van der Waals surface area contributed by atoms with Crippen LogP contribution in [0.1, 0.15) is 30.0 Å². The van der Waals surface area contributed by atoms with E-state index in [4.69, 9.17) is 5.73 Å². The number of alkyl halides is 3. The molecule has 1 fully saturated rings. The first kappa shape index (κ1) is 10.4. The fourth-order valence-electron chi connectivity index (χ4n) is 1.95. The second-order valence-corrected chi connectivity index (χ2v) is 4.17. The first-order valence-corrected chi connectivity index (χ1v) is 5.18. The van der Waals surface area contributed by atoms with Gasteiger partial charge in [-0.3, -0.25) is 0 Å². The van der Waals surface area contributed by atoms with Crippen LogP contribution in [0.25, 0.3) is 11.0 Å². The predicted molar refractivity (Wildman–Crippen MR) is 55.3 cm³/mol. The number of aromatic nitrogens is 3. The Morgan fingerprint density at radius 1 is 1.29 bits per heavy atom. The van der Waals surface area contributed by atoms with E-state index in [1.165, 1.54) is 0 Å². The number of anilines is 1. The van der Waals surface area contributed by atoms with Crippen LogP contribution in [0.15, 0.2) is 6.20 Å². The van der Waals surface area contributed by atoms with Gasteiger partial charge in [-0.1, -0.05) is 0 Å². The number of nitrogens with zero attached hydrogens (tertiary/aromatic N) is 2.